The maximum absolute atomic E-state index is 12.5. The van der Waals surface area contributed by atoms with Gasteiger partial charge in [-0.2, -0.15) is 5.26 Å². The molecule has 1 amide bonds. The molecule has 6 heteroatoms. The lowest BCUT2D eigenvalue weighted by Gasteiger charge is -2.21. The molecular formula is C21H20N2O4. The maximum Gasteiger partial charge on any atom is 0.262 e. The number of hydrogen-bond acceptors (Lipinski definition) is 5. The minimum atomic E-state index is -0.442. The van der Waals surface area contributed by atoms with Crippen LogP contribution in [0.5, 0.6) is 17.2 Å². The van der Waals surface area contributed by atoms with Crippen molar-refractivity contribution in [2.24, 2.45) is 0 Å². The number of carbonyl (C=O) groups excluding carboxylic acids is 1. The van der Waals surface area contributed by atoms with Crippen LogP contribution in [0.15, 0.2) is 48.0 Å². The number of rotatable bonds is 5. The SMILES string of the molecule is COc1cc(/C=C(\C#N)C(=O)NC(C)c2ccccc2)cc2c1OCCO2. The van der Waals surface area contributed by atoms with Crippen LogP contribution in [0.3, 0.4) is 0 Å². The van der Waals surface area contributed by atoms with Gasteiger partial charge in [-0.15, -0.1) is 0 Å². The summed E-state index contributed by atoms with van der Waals surface area (Å²) < 4.78 is 16.5. The van der Waals surface area contributed by atoms with Crippen molar-refractivity contribution in [2.75, 3.05) is 20.3 Å². The second kappa shape index (κ2) is 8.28. The summed E-state index contributed by atoms with van der Waals surface area (Å²) in [6.07, 6.45) is 1.51. The quantitative estimate of drug-likeness (QED) is 0.651. The van der Waals surface area contributed by atoms with Crippen molar-refractivity contribution in [3.8, 4) is 23.3 Å². The lowest BCUT2D eigenvalue weighted by atomic mass is 10.1. The summed E-state index contributed by atoms with van der Waals surface area (Å²) in [5, 5.41) is 12.3. The molecule has 0 aromatic heterocycles. The van der Waals surface area contributed by atoms with Gasteiger partial charge in [0.05, 0.1) is 13.2 Å². The Balaban J connectivity index is 1.84. The standard InChI is InChI=1S/C21H20N2O4/c1-14(16-6-4-3-5-7-16)23-21(24)17(13-22)10-15-11-18(25-2)20-19(12-15)26-8-9-27-20/h3-7,10-12,14H,8-9H2,1-2H3,(H,23,24)/b17-10+. The third-order valence-electron chi connectivity index (χ3n) is 4.17. The normalized spacial score (nSPS) is 14.0. The van der Waals surface area contributed by atoms with Crippen LogP contribution in [0.2, 0.25) is 0 Å². The van der Waals surface area contributed by atoms with E-state index in [0.717, 1.165) is 5.56 Å². The number of carbonyl (C=O) groups is 1. The number of nitrogens with zero attached hydrogens (tertiary/aromatic N) is 1. The highest BCUT2D eigenvalue weighted by molar-refractivity contribution is 6.02. The molecule has 0 saturated carbocycles. The molecule has 0 spiro atoms. The van der Waals surface area contributed by atoms with Crippen LogP contribution in [0.1, 0.15) is 24.1 Å². The number of benzene rings is 2. The van der Waals surface area contributed by atoms with Crippen LogP contribution >= 0.6 is 0 Å². The molecule has 6 nitrogen and oxygen atoms in total. The number of fused-ring (bicyclic) bond motifs is 1. The predicted octanol–water partition coefficient (Wildman–Crippen LogP) is 3.25. The molecule has 2 aromatic rings. The van der Waals surface area contributed by atoms with Gasteiger partial charge in [0, 0.05) is 0 Å². The Morgan fingerprint density at radius 1 is 1.26 bits per heavy atom. The van der Waals surface area contributed by atoms with Crippen LogP contribution in [-0.2, 0) is 4.79 Å². The van der Waals surface area contributed by atoms with E-state index < -0.39 is 5.91 Å². The number of ether oxygens (including phenoxy) is 3. The fraction of sp³-hybridized carbons (Fsp3) is 0.238. The fourth-order valence-electron chi connectivity index (χ4n) is 2.79. The monoisotopic (exact) mass is 364 g/mol. The third kappa shape index (κ3) is 4.21. The van der Waals surface area contributed by atoms with E-state index in [4.69, 9.17) is 14.2 Å². The first-order valence-electron chi connectivity index (χ1n) is 8.57. The Kier molecular flexibility index (Phi) is 5.62. The molecule has 0 saturated heterocycles. The Hall–Kier alpha value is -3.46. The van der Waals surface area contributed by atoms with E-state index in [2.05, 4.69) is 5.32 Å². The summed E-state index contributed by atoms with van der Waals surface area (Å²) in [6, 6.07) is 14.7. The van der Waals surface area contributed by atoms with Crippen molar-refractivity contribution in [3.63, 3.8) is 0 Å². The molecule has 3 rings (SSSR count). The van der Waals surface area contributed by atoms with Gasteiger partial charge < -0.3 is 19.5 Å². The highest BCUT2D eigenvalue weighted by Crippen LogP contribution is 2.40. The van der Waals surface area contributed by atoms with Gasteiger partial charge >= 0.3 is 0 Å². The zero-order valence-electron chi connectivity index (χ0n) is 15.2. The van der Waals surface area contributed by atoms with Crippen LogP contribution in [0, 0.1) is 11.3 Å². The van der Waals surface area contributed by atoms with Gasteiger partial charge in [-0.05, 0) is 36.3 Å². The fourth-order valence-corrected chi connectivity index (χ4v) is 2.79. The molecule has 1 unspecified atom stereocenters. The minimum absolute atomic E-state index is 0.00323. The zero-order chi connectivity index (χ0) is 19.2. The molecular weight excluding hydrogens is 344 g/mol. The highest BCUT2D eigenvalue weighted by Gasteiger charge is 2.19. The number of methoxy groups -OCH3 is 1. The van der Waals surface area contributed by atoms with Crippen molar-refractivity contribution < 1.29 is 19.0 Å². The van der Waals surface area contributed by atoms with Gasteiger partial charge in [0.1, 0.15) is 24.9 Å². The Morgan fingerprint density at radius 2 is 2.00 bits per heavy atom. The summed E-state index contributed by atoms with van der Waals surface area (Å²) in [5.41, 5.74) is 1.58. The molecule has 1 aliphatic heterocycles. The number of hydrogen-bond donors (Lipinski definition) is 1. The molecule has 1 heterocycles. The Morgan fingerprint density at radius 3 is 2.70 bits per heavy atom. The van der Waals surface area contributed by atoms with Crippen LogP contribution in [0.25, 0.3) is 6.08 Å². The molecule has 27 heavy (non-hydrogen) atoms. The maximum atomic E-state index is 12.5. The van der Waals surface area contributed by atoms with Crippen molar-refractivity contribution in [3.05, 3.63) is 59.2 Å². The van der Waals surface area contributed by atoms with Crippen molar-refractivity contribution in [1.29, 1.82) is 5.26 Å². The van der Waals surface area contributed by atoms with Gasteiger partial charge in [-0.25, -0.2) is 0 Å². The lowest BCUT2D eigenvalue weighted by Crippen LogP contribution is -2.27. The average Bonchev–Trinajstić information content (AvgIpc) is 2.71. The van der Waals surface area contributed by atoms with E-state index in [-0.39, 0.29) is 11.6 Å². The van der Waals surface area contributed by atoms with Gasteiger partial charge in [-0.3, -0.25) is 4.79 Å². The summed E-state index contributed by atoms with van der Waals surface area (Å²) >= 11 is 0. The average molecular weight is 364 g/mol. The highest BCUT2D eigenvalue weighted by atomic mass is 16.6. The third-order valence-corrected chi connectivity index (χ3v) is 4.17. The van der Waals surface area contributed by atoms with Crippen molar-refractivity contribution >= 4 is 12.0 Å². The van der Waals surface area contributed by atoms with Crippen LogP contribution in [-0.4, -0.2) is 26.2 Å². The van der Waals surface area contributed by atoms with E-state index in [0.29, 0.717) is 36.0 Å². The van der Waals surface area contributed by atoms with E-state index in [1.54, 1.807) is 12.1 Å². The number of nitrogens with one attached hydrogen (secondary N) is 1. The van der Waals surface area contributed by atoms with Gasteiger partial charge in [-0.1, -0.05) is 30.3 Å². The molecule has 1 atom stereocenters. The van der Waals surface area contributed by atoms with Gasteiger partial charge in [0.15, 0.2) is 11.5 Å². The van der Waals surface area contributed by atoms with E-state index in [1.807, 2.05) is 43.3 Å². The zero-order valence-corrected chi connectivity index (χ0v) is 15.2. The summed E-state index contributed by atoms with van der Waals surface area (Å²) in [7, 11) is 1.53. The first-order chi connectivity index (χ1) is 13.1. The topological polar surface area (TPSA) is 80.6 Å². The van der Waals surface area contributed by atoms with E-state index in [1.165, 1.54) is 13.2 Å². The van der Waals surface area contributed by atoms with E-state index >= 15 is 0 Å². The molecule has 1 aliphatic rings. The molecule has 0 fully saturated rings. The van der Waals surface area contributed by atoms with Gasteiger partial charge in [0.2, 0.25) is 5.75 Å². The molecule has 0 bridgehead atoms. The minimum Gasteiger partial charge on any atom is -0.493 e. The first kappa shape index (κ1) is 18.3. The second-order valence-corrected chi connectivity index (χ2v) is 6.02. The number of amides is 1. The number of nitriles is 1. The lowest BCUT2D eigenvalue weighted by molar-refractivity contribution is -0.117. The van der Waals surface area contributed by atoms with E-state index in [9.17, 15) is 10.1 Å². The molecule has 0 radical (unpaired) electrons. The molecule has 138 valence electrons. The second-order valence-electron chi connectivity index (χ2n) is 6.02. The summed E-state index contributed by atoms with van der Waals surface area (Å²) in [5.74, 6) is 1.11. The van der Waals surface area contributed by atoms with Gasteiger partial charge in [0.25, 0.3) is 5.91 Å². The first-order valence-corrected chi connectivity index (χ1v) is 8.57. The summed E-state index contributed by atoms with van der Waals surface area (Å²) in [6.45, 7) is 2.75. The van der Waals surface area contributed by atoms with Crippen molar-refractivity contribution in [1.82, 2.24) is 5.32 Å². The molecule has 2 aromatic carbocycles. The Bertz CT molecular complexity index is 883. The van der Waals surface area contributed by atoms with Crippen LogP contribution in [0.4, 0.5) is 0 Å². The summed E-state index contributed by atoms with van der Waals surface area (Å²) in [4.78, 5) is 12.5. The Labute approximate surface area is 158 Å². The largest absolute Gasteiger partial charge is 0.493 e. The molecule has 0 aliphatic carbocycles. The smallest absolute Gasteiger partial charge is 0.262 e. The van der Waals surface area contributed by atoms with Crippen LogP contribution < -0.4 is 19.5 Å². The predicted molar refractivity (Wildman–Crippen MR) is 101 cm³/mol. The molecule has 1 N–H and O–H groups in total. The van der Waals surface area contributed by atoms with Crippen molar-refractivity contribution in [2.45, 2.75) is 13.0 Å².